The molecule has 0 aliphatic carbocycles. The molecule has 0 fully saturated rings. The summed E-state index contributed by atoms with van der Waals surface area (Å²) in [5.74, 6) is 0. The standard InChI is InChI=1S/C16H25N3O/c1-12(20-5)10-19-11-13(9-18-16(2,3)4)14-7-6-8-17-15(14)19/h6-8,11-12,18H,9-10H2,1-5H3. The number of rotatable bonds is 5. The summed E-state index contributed by atoms with van der Waals surface area (Å²) in [7, 11) is 1.74. The summed E-state index contributed by atoms with van der Waals surface area (Å²) in [4.78, 5) is 4.51. The van der Waals surface area contributed by atoms with Gasteiger partial charge in [-0.15, -0.1) is 0 Å². The number of hydrogen-bond acceptors (Lipinski definition) is 3. The van der Waals surface area contributed by atoms with Gasteiger partial charge in [-0.1, -0.05) is 0 Å². The van der Waals surface area contributed by atoms with Gasteiger partial charge >= 0.3 is 0 Å². The van der Waals surface area contributed by atoms with E-state index in [1.54, 1.807) is 7.11 Å². The lowest BCUT2D eigenvalue weighted by atomic mass is 10.1. The predicted molar refractivity (Wildman–Crippen MR) is 82.8 cm³/mol. The van der Waals surface area contributed by atoms with E-state index in [4.69, 9.17) is 4.74 Å². The van der Waals surface area contributed by atoms with Gasteiger partial charge in [0.15, 0.2) is 0 Å². The average molecular weight is 275 g/mol. The molecule has 2 rings (SSSR count). The van der Waals surface area contributed by atoms with Gasteiger partial charge in [0, 0.05) is 43.5 Å². The normalized spacial score (nSPS) is 13.8. The van der Waals surface area contributed by atoms with Crippen LogP contribution in [0, 0.1) is 0 Å². The number of nitrogens with zero attached hydrogens (tertiary/aromatic N) is 2. The zero-order valence-electron chi connectivity index (χ0n) is 13.1. The van der Waals surface area contributed by atoms with Crippen LogP contribution in [0.25, 0.3) is 11.0 Å². The van der Waals surface area contributed by atoms with Gasteiger partial charge in [-0.2, -0.15) is 0 Å². The first-order valence-corrected chi connectivity index (χ1v) is 7.11. The lowest BCUT2D eigenvalue weighted by Crippen LogP contribution is -2.35. The van der Waals surface area contributed by atoms with E-state index in [9.17, 15) is 0 Å². The minimum Gasteiger partial charge on any atom is -0.380 e. The van der Waals surface area contributed by atoms with Crippen LogP contribution in [0.5, 0.6) is 0 Å². The number of hydrogen-bond donors (Lipinski definition) is 1. The third-order valence-electron chi connectivity index (χ3n) is 3.38. The molecule has 2 heterocycles. The second kappa shape index (κ2) is 5.94. The number of pyridine rings is 1. The Morgan fingerprint density at radius 1 is 1.40 bits per heavy atom. The highest BCUT2D eigenvalue weighted by Crippen LogP contribution is 2.20. The van der Waals surface area contributed by atoms with E-state index in [-0.39, 0.29) is 11.6 Å². The maximum absolute atomic E-state index is 5.36. The Balaban J connectivity index is 2.30. The highest BCUT2D eigenvalue weighted by atomic mass is 16.5. The fraction of sp³-hybridized carbons (Fsp3) is 0.562. The molecule has 110 valence electrons. The molecule has 4 nitrogen and oxygen atoms in total. The van der Waals surface area contributed by atoms with Crippen molar-refractivity contribution in [3.05, 3.63) is 30.1 Å². The molecule has 1 N–H and O–H groups in total. The third kappa shape index (κ3) is 3.58. The number of ether oxygens (including phenoxy) is 1. The van der Waals surface area contributed by atoms with Crippen LogP contribution >= 0.6 is 0 Å². The first kappa shape index (κ1) is 15.0. The molecular formula is C16H25N3O. The summed E-state index contributed by atoms with van der Waals surface area (Å²) in [5.41, 5.74) is 2.42. The molecule has 0 radical (unpaired) electrons. The lowest BCUT2D eigenvalue weighted by Gasteiger charge is -2.20. The highest BCUT2D eigenvalue weighted by molar-refractivity contribution is 5.80. The van der Waals surface area contributed by atoms with E-state index in [0.717, 1.165) is 18.7 Å². The quantitative estimate of drug-likeness (QED) is 0.912. The summed E-state index contributed by atoms with van der Waals surface area (Å²) in [6, 6.07) is 4.13. The number of aromatic nitrogens is 2. The molecule has 1 unspecified atom stereocenters. The van der Waals surface area contributed by atoms with Crippen molar-refractivity contribution in [2.24, 2.45) is 0 Å². The van der Waals surface area contributed by atoms with Crippen molar-refractivity contribution in [3.63, 3.8) is 0 Å². The maximum atomic E-state index is 5.36. The Hall–Kier alpha value is -1.39. The number of nitrogens with one attached hydrogen (secondary N) is 1. The summed E-state index contributed by atoms with van der Waals surface area (Å²) in [6.07, 6.45) is 4.21. The van der Waals surface area contributed by atoms with E-state index in [1.807, 2.05) is 12.3 Å². The van der Waals surface area contributed by atoms with E-state index >= 15 is 0 Å². The van der Waals surface area contributed by atoms with Gasteiger partial charge in [0.2, 0.25) is 0 Å². The third-order valence-corrected chi connectivity index (χ3v) is 3.38. The molecule has 0 saturated heterocycles. The van der Waals surface area contributed by atoms with Crippen LogP contribution in [-0.4, -0.2) is 28.3 Å². The van der Waals surface area contributed by atoms with Crippen LogP contribution in [0.4, 0.5) is 0 Å². The van der Waals surface area contributed by atoms with Crippen molar-refractivity contribution in [2.45, 2.75) is 52.4 Å². The van der Waals surface area contributed by atoms with Gasteiger partial charge in [0.25, 0.3) is 0 Å². The molecule has 0 bridgehead atoms. The molecule has 20 heavy (non-hydrogen) atoms. The lowest BCUT2D eigenvalue weighted by molar-refractivity contribution is 0.104. The van der Waals surface area contributed by atoms with Gasteiger partial charge in [-0.25, -0.2) is 4.98 Å². The van der Waals surface area contributed by atoms with Crippen molar-refractivity contribution in [2.75, 3.05) is 7.11 Å². The topological polar surface area (TPSA) is 39.1 Å². The molecule has 0 spiro atoms. The van der Waals surface area contributed by atoms with Crippen molar-refractivity contribution in [1.82, 2.24) is 14.9 Å². The van der Waals surface area contributed by atoms with Gasteiger partial charge in [-0.3, -0.25) is 0 Å². The second-order valence-corrected chi connectivity index (χ2v) is 6.33. The van der Waals surface area contributed by atoms with E-state index in [1.165, 1.54) is 10.9 Å². The minimum absolute atomic E-state index is 0.108. The zero-order chi connectivity index (χ0) is 14.8. The second-order valence-electron chi connectivity index (χ2n) is 6.33. The number of methoxy groups -OCH3 is 1. The monoisotopic (exact) mass is 275 g/mol. The van der Waals surface area contributed by atoms with Crippen molar-refractivity contribution in [1.29, 1.82) is 0 Å². The van der Waals surface area contributed by atoms with E-state index < -0.39 is 0 Å². The summed E-state index contributed by atoms with van der Waals surface area (Å²) < 4.78 is 7.55. The van der Waals surface area contributed by atoms with Crippen LogP contribution in [0.15, 0.2) is 24.5 Å². The van der Waals surface area contributed by atoms with Crippen LogP contribution in [0.2, 0.25) is 0 Å². The van der Waals surface area contributed by atoms with Gasteiger partial charge in [0.1, 0.15) is 5.65 Å². The molecule has 0 saturated carbocycles. The smallest absolute Gasteiger partial charge is 0.140 e. The Morgan fingerprint density at radius 2 is 2.15 bits per heavy atom. The fourth-order valence-electron chi connectivity index (χ4n) is 2.19. The summed E-state index contributed by atoms with van der Waals surface area (Å²) in [6.45, 7) is 10.3. The molecule has 4 heteroatoms. The first-order chi connectivity index (χ1) is 9.40. The Morgan fingerprint density at radius 3 is 2.80 bits per heavy atom. The van der Waals surface area contributed by atoms with Crippen molar-refractivity contribution >= 4 is 11.0 Å². The van der Waals surface area contributed by atoms with E-state index in [2.05, 4.69) is 54.8 Å². The first-order valence-electron chi connectivity index (χ1n) is 7.11. The maximum Gasteiger partial charge on any atom is 0.140 e. The highest BCUT2D eigenvalue weighted by Gasteiger charge is 2.14. The average Bonchev–Trinajstić information content (AvgIpc) is 2.74. The predicted octanol–water partition coefficient (Wildman–Crippen LogP) is 2.96. The minimum atomic E-state index is 0.108. The van der Waals surface area contributed by atoms with Gasteiger partial charge in [-0.05, 0) is 45.4 Å². The van der Waals surface area contributed by atoms with E-state index in [0.29, 0.717) is 0 Å². The van der Waals surface area contributed by atoms with Crippen LogP contribution < -0.4 is 5.32 Å². The molecule has 0 aromatic carbocycles. The summed E-state index contributed by atoms with van der Waals surface area (Å²) >= 11 is 0. The molecule has 1 atom stereocenters. The van der Waals surface area contributed by atoms with Crippen LogP contribution in [0.1, 0.15) is 33.3 Å². The Kier molecular flexibility index (Phi) is 4.45. The largest absolute Gasteiger partial charge is 0.380 e. The molecule has 0 aliphatic rings. The van der Waals surface area contributed by atoms with Crippen molar-refractivity contribution in [3.8, 4) is 0 Å². The molecule has 2 aromatic rings. The Bertz CT molecular complexity index is 569. The van der Waals surface area contributed by atoms with Gasteiger partial charge in [0.05, 0.1) is 6.10 Å². The van der Waals surface area contributed by atoms with Crippen LogP contribution in [-0.2, 0) is 17.8 Å². The Labute approximate surface area is 121 Å². The molecule has 0 amide bonds. The summed E-state index contributed by atoms with van der Waals surface area (Å²) in [5, 5.41) is 4.75. The SMILES string of the molecule is COC(C)Cn1cc(CNC(C)(C)C)c2cccnc21. The number of fused-ring (bicyclic) bond motifs is 1. The zero-order valence-corrected chi connectivity index (χ0v) is 13.1. The van der Waals surface area contributed by atoms with Gasteiger partial charge < -0.3 is 14.6 Å². The molecule has 2 aromatic heterocycles. The fourth-order valence-corrected chi connectivity index (χ4v) is 2.19. The van der Waals surface area contributed by atoms with Crippen molar-refractivity contribution < 1.29 is 4.74 Å². The van der Waals surface area contributed by atoms with Crippen LogP contribution in [0.3, 0.4) is 0 Å². The molecule has 0 aliphatic heterocycles. The molecular weight excluding hydrogens is 250 g/mol.